The van der Waals surface area contributed by atoms with Crippen LogP contribution in [0.2, 0.25) is 10.0 Å². The predicted octanol–water partition coefficient (Wildman–Crippen LogP) is 5.45. The van der Waals surface area contributed by atoms with Gasteiger partial charge in [-0.05, 0) is 41.5 Å². The van der Waals surface area contributed by atoms with Crippen LogP contribution in [0.1, 0.15) is 21.5 Å². The Hall–Kier alpha value is -3.99. The number of methoxy groups -OCH3 is 2. The smallest absolute Gasteiger partial charge is 0.349 e. The Morgan fingerprint density at radius 1 is 0.971 bits per heavy atom. The number of carbonyl (C=O) groups excluding carboxylic acids is 2. The average molecular weight is 511 g/mol. The number of rotatable bonds is 8. The summed E-state index contributed by atoms with van der Waals surface area (Å²) in [5.74, 6) is -0.934. The molecule has 0 fully saturated rings. The highest BCUT2D eigenvalue weighted by molar-refractivity contribution is 6.37. The molecule has 0 aliphatic rings. The van der Waals surface area contributed by atoms with E-state index in [0.29, 0.717) is 5.56 Å². The van der Waals surface area contributed by atoms with E-state index < -0.39 is 11.9 Å². The van der Waals surface area contributed by atoms with E-state index in [1.807, 2.05) is 36.4 Å². The molecule has 1 amide bonds. The predicted molar refractivity (Wildman–Crippen MR) is 133 cm³/mol. The Bertz CT molecular complexity index is 1320. The lowest BCUT2D eigenvalue weighted by Gasteiger charge is -2.13. The normalized spacial score (nSPS) is 10.8. The van der Waals surface area contributed by atoms with Gasteiger partial charge in [-0.3, -0.25) is 4.79 Å². The van der Waals surface area contributed by atoms with Crippen molar-refractivity contribution in [2.75, 3.05) is 14.2 Å². The molecule has 0 saturated heterocycles. The van der Waals surface area contributed by atoms with Crippen molar-refractivity contribution in [2.24, 2.45) is 0 Å². The minimum atomic E-state index is -0.797. The standard InChI is InChI=1S/C26H20Cl2N2O5/c1-33-22-13-17(12-18(14-29)25(31)30-15-16-6-4-3-5-7-16)8-11-21(22)35-26(32)23-19(27)9-10-20(28)24(23)34-2/h3-13H,15H2,1-2H3,(H,30,31)/b18-12+. The van der Waals surface area contributed by atoms with Gasteiger partial charge in [-0.15, -0.1) is 0 Å². The second-order valence-corrected chi connectivity index (χ2v) is 7.89. The van der Waals surface area contributed by atoms with Gasteiger partial charge < -0.3 is 19.5 Å². The summed E-state index contributed by atoms with van der Waals surface area (Å²) in [4.78, 5) is 25.3. The molecule has 3 rings (SSSR count). The highest BCUT2D eigenvalue weighted by Gasteiger charge is 2.23. The number of nitrogens with one attached hydrogen (secondary N) is 1. The van der Waals surface area contributed by atoms with Crippen LogP contribution in [0, 0.1) is 11.3 Å². The first-order valence-electron chi connectivity index (χ1n) is 10.2. The Labute approximate surface area is 212 Å². The number of halogens is 2. The van der Waals surface area contributed by atoms with Crippen LogP contribution in [0.5, 0.6) is 17.2 Å². The maximum Gasteiger partial charge on any atom is 0.349 e. The van der Waals surface area contributed by atoms with Gasteiger partial charge in [0.25, 0.3) is 5.91 Å². The summed E-state index contributed by atoms with van der Waals surface area (Å²) >= 11 is 12.3. The van der Waals surface area contributed by atoms with Gasteiger partial charge in [0, 0.05) is 6.54 Å². The van der Waals surface area contributed by atoms with Gasteiger partial charge in [-0.2, -0.15) is 5.26 Å². The number of carbonyl (C=O) groups is 2. The fourth-order valence-electron chi connectivity index (χ4n) is 3.12. The molecule has 7 nitrogen and oxygen atoms in total. The third-order valence-corrected chi connectivity index (χ3v) is 5.44. The van der Waals surface area contributed by atoms with Gasteiger partial charge in [0.15, 0.2) is 17.2 Å². The highest BCUT2D eigenvalue weighted by atomic mass is 35.5. The number of amides is 1. The number of benzene rings is 3. The zero-order valence-corrected chi connectivity index (χ0v) is 20.3. The van der Waals surface area contributed by atoms with E-state index >= 15 is 0 Å². The van der Waals surface area contributed by atoms with Gasteiger partial charge in [0.2, 0.25) is 0 Å². The Morgan fingerprint density at radius 2 is 1.69 bits per heavy atom. The fraction of sp³-hybridized carbons (Fsp3) is 0.115. The summed E-state index contributed by atoms with van der Waals surface area (Å²) in [6.07, 6.45) is 1.41. The molecule has 3 aromatic carbocycles. The van der Waals surface area contributed by atoms with E-state index in [-0.39, 0.29) is 45.0 Å². The van der Waals surface area contributed by atoms with Crippen molar-refractivity contribution in [1.82, 2.24) is 5.32 Å². The third-order valence-electron chi connectivity index (χ3n) is 4.83. The van der Waals surface area contributed by atoms with Crippen molar-refractivity contribution in [3.63, 3.8) is 0 Å². The topological polar surface area (TPSA) is 97.6 Å². The third kappa shape index (κ3) is 6.33. The summed E-state index contributed by atoms with van der Waals surface area (Å²) in [6, 6.07) is 18.8. The van der Waals surface area contributed by atoms with Gasteiger partial charge in [-0.25, -0.2) is 4.79 Å². The first-order valence-corrected chi connectivity index (χ1v) is 11.0. The summed E-state index contributed by atoms with van der Waals surface area (Å²) in [5.41, 5.74) is 1.27. The Balaban J connectivity index is 1.80. The maximum absolute atomic E-state index is 12.8. The lowest BCUT2D eigenvalue weighted by molar-refractivity contribution is -0.117. The van der Waals surface area contributed by atoms with Crippen molar-refractivity contribution < 1.29 is 23.8 Å². The molecule has 35 heavy (non-hydrogen) atoms. The number of ether oxygens (including phenoxy) is 3. The lowest BCUT2D eigenvalue weighted by atomic mass is 10.1. The van der Waals surface area contributed by atoms with Crippen molar-refractivity contribution in [1.29, 1.82) is 5.26 Å². The molecule has 3 aromatic rings. The zero-order chi connectivity index (χ0) is 25.4. The number of hydrogen-bond donors (Lipinski definition) is 1. The number of esters is 1. The Morgan fingerprint density at radius 3 is 2.34 bits per heavy atom. The van der Waals surface area contributed by atoms with Crippen molar-refractivity contribution in [2.45, 2.75) is 6.54 Å². The van der Waals surface area contributed by atoms with E-state index in [0.717, 1.165) is 5.56 Å². The van der Waals surface area contributed by atoms with E-state index in [1.165, 1.54) is 44.6 Å². The van der Waals surface area contributed by atoms with Crippen molar-refractivity contribution in [3.8, 4) is 23.3 Å². The van der Waals surface area contributed by atoms with Gasteiger partial charge in [0.1, 0.15) is 17.2 Å². The molecular weight excluding hydrogens is 491 g/mol. The van der Waals surface area contributed by atoms with Gasteiger partial charge in [0.05, 0.1) is 24.3 Å². The van der Waals surface area contributed by atoms with Crippen LogP contribution in [-0.4, -0.2) is 26.1 Å². The largest absolute Gasteiger partial charge is 0.494 e. The maximum atomic E-state index is 12.8. The molecule has 0 spiro atoms. The van der Waals surface area contributed by atoms with Crippen LogP contribution in [0.4, 0.5) is 0 Å². The van der Waals surface area contributed by atoms with E-state index in [4.69, 9.17) is 37.4 Å². The molecular formula is C26H20Cl2N2O5. The van der Waals surface area contributed by atoms with Crippen LogP contribution >= 0.6 is 23.2 Å². The molecule has 0 heterocycles. The minimum Gasteiger partial charge on any atom is -0.494 e. The second-order valence-electron chi connectivity index (χ2n) is 7.08. The molecule has 0 saturated carbocycles. The van der Waals surface area contributed by atoms with E-state index in [2.05, 4.69) is 5.32 Å². The first kappa shape index (κ1) is 25.6. The zero-order valence-electron chi connectivity index (χ0n) is 18.8. The van der Waals surface area contributed by atoms with Crippen LogP contribution in [-0.2, 0) is 11.3 Å². The lowest BCUT2D eigenvalue weighted by Crippen LogP contribution is -2.23. The van der Waals surface area contributed by atoms with Gasteiger partial charge in [-0.1, -0.05) is 59.6 Å². The Kier molecular flexibility index (Phi) is 8.74. The molecule has 1 N–H and O–H groups in total. The fourth-order valence-corrected chi connectivity index (χ4v) is 3.58. The van der Waals surface area contributed by atoms with Crippen LogP contribution in [0.3, 0.4) is 0 Å². The van der Waals surface area contributed by atoms with Crippen molar-refractivity contribution >= 4 is 41.2 Å². The number of nitrogens with zero attached hydrogens (tertiary/aromatic N) is 1. The summed E-state index contributed by atoms with van der Waals surface area (Å²) in [5, 5.41) is 12.5. The summed E-state index contributed by atoms with van der Waals surface area (Å²) in [6.45, 7) is 0.284. The van der Waals surface area contributed by atoms with E-state index in [9.17, 15) is 14.9 Å². The molecule has 0 atom stereocenters. The molecule has 0 radical (unpaired) electrons. The van der Waals surface area contributed by atoms with Crippen molar-refractivity contribution in [3.05, 3.63) is 93.0 Å². The molecule has 178 valence electrons. The number of nitriles is 1. The minimum absolute atomic E-state index is 0.0328. The summed E-state index contributed by atoms with van der Waals surface area (Å²) < 4.78 is 16.0. The molecule has 0 aromatic heterocycles. The van der Waals surface area contributed by atoms with Crippen LogP contribution in [0.15, 0.2) is 66.2 Å². The van der Waals surface area contributed by atoms with Crippen LogP contribution in [0.25, 0.3) is 6.08 Å². The second kappa shape index (κ2) is 11.9. The van der Waals surface area contributed by atoms with E-state index in [1.54, 1.807) is 6.07 Å². The monoisotopic (exact) mass is 510 g/mol. The summed E-state index contributed by atoms with van der Waals surface area (Å²) in [7, 11) is 2.75. The van der Waals surface area contributed by atoms with Crippen LogP contribution < -0.4 is 19.5 Å². The first-order chi connectivity index (χ1) is 16.9. The molecule has 0 unspecified atom stereocenters. The molecule has 0 aliphatic heterocycles. The van der Waals surface area contributed by atoms with Gasteiger partial charge >= 0.3 is 5.97 Å². The molecule has 9 heteroatoms. The number of hydrogen-bond acceptors (Lipinski definition) is 6. The molecule has 0 aliphatic carbocycles. The highest BCUT2D eigenvalue weighted by Crippen LogP contribution is 2.36. The average Bonchev–Trinajstić information content (AvgIpc) is 2.88. The quantitative estimate of drug-likeness (QED) is 0.187. The molecule has 0 bridgehead atoms. The SMILES string of the molecule is COc1cc(/C=C(\C#N)C(=O)NCc2ccccc2)ccc1OC(=O)c1c(Cl)ccc(Cl)c1OC.